The number of aromatic nitrogens is 2. The Morgan fingerprint density at radius 3 is 2.69 bits per heavy atom. The third-order valence-electron chi connectivity index (χ3n) is 1.92. The smallest absolute Gasteiger partial charge is 0.301 e. The van der Waals surface area contributed by atoms with Gasteiger partial charge in [-0.1, -0.05) is 0 Å². The Balaban J connectivity index is 2.59. The third kappa shape index (κ3) is 1.67. The van der Waals surface area contributed by atoms with E-state index in [1.807, 2.05) is 13.8 Å². The van der Waals surface area contributed by atoms with Crippen LogP contribution in [-0.2, 0) is 0 Å². The summed E-state index contributed by atoms with van der Waals surface area (Å²) in [5.41, 5.74) is 0.221. The first-order valence-corrected chi connectivity index (χ1v) is 4.66. The van der Waals surface area contributed by atoms with E-state index in [1.165, 1.54) is 12.1 Å². The number of fused-ring (bicyclic) bond motifs is 1. The predicted octanol–water partition coefficient (Wildman–Crippen LogP) is 1.92. The molecular weight excluding hydrogens is 214 g/mol. The quantitative estimate of drug-likeness (QED) is 0.583. The van der Waals surface area contributed by atoms with E-state index in [9.17, 15) is 10.1 Å². The molecule has 0 N–H and O–H groups in total. The molecule has 7 nitrogen and oxygen atoms in total. The van der Waals surface area contributed by atoms with Gasteiger partial charge in [0, 0.05) is 6.07 Å². The lowest BCUT2D eigenvalue weighted by Crippen LogP contribution is -2.06. The maximum absolute atomic E-state index is 10.7. The summed E-state index contributed by atoms with van der Waals surface area (Å²) in [6.45, 7) is 3.70. The highest BCUT2D eigenvalue weighted by Gasteiger charge is 2.20. The molecule has 0 aliphatic carbocycles. The van der Waals surface area contributed by atoms with Crippen molar-refractivity contribution in [2.24, 2.45) is 0 Å². The molecule has 0 radical (unpaired) electrons. The van der Waals surface area contributed by atoms with E-state index in [0.717, 1.165) is 0 Å². The van der Waals surface area contributed by atoms with Gasteiger partial charge in [-0.05, 0) is 30.2 Å². The molecule has 1 aromatic heterocycles. The van der Waals surface area contributed by atoms with Gasteiger partial charge in [0.1, 0.15) is 0 Å². The molecule has 0 bridgehead atoms. The van der Waals surface area contributed by atoms with Crippen molar-refractivity contribution in [1.29, 1.82) is 0 Å². The van der Waals surface area contributed by atoms with Gasteiger partial charge in [-0.2, -0.15) is 0 Å². The van der Waals surface area contributed by atoms with Crippen LogP contribution in [0.25, 0.3) is 11.0 Å². The zero-order valence-electron chi connectivity index (χ0n) is 8.71. The van der Waals surface area contributed by atoms with Crippen LogP contribution in [0.3, 0.4) is 0 Å². The average Bonchev–Trinajstić information content (AvgIpc) is 2.65. The summed E-state index contributed by atoms with van der Waals surface area (Å²) in [6.07, 6.45) is -0.0543. The Bertz CT molecular complexity index is 535. The van der Waals surface area contributed by atoms with Crippen molar-refractivity contribution in [3.8, 4) is 5.75 Å². The number of nitro groups is 1. The summed E-state index contributed by atoms with van der Waals surface area (Å²) >= 11 is 0. The van der Waals surface area contributed by atoms with Crippen molar-refractivity contribution in [1.82, 2.24) is 10.3 Å². The predicted molar refractivity (Wildman–Crippen MR) is 54.2 cm³/mol. The van der Waals surface area contributed by atoms with Gasteiger partial charge in [-0.3, -0.25) is 10.1 Å². The molecule has 0 unspecified atom stereocenters. The van der Waals surface area contributed by atoms with Crippen LogP contribution < -0.4 is 4.74 Å². The maximum atomic E-state index is 10.7. The van der Waals surface area contributed by atoms with Crippen LogP contribution in [0.1, 0.15) is 13.8 Å². The first kappa shape index (κ1) is 10.3. The summed E-state index contributed by atoms with van der Waals surface area (Å²) in [7, 11) is 0. The fourth-order valence-electron chi connectivity index (χ4n) is 1.33. The van der Waals surface area contributed by atoms with Gasteiger partial charge >= 0.3 is 5.69 Å². The van der Waals surface area contributed by atoms with Crippen LogP contribution in [0.2, 0.25) is 0 Å². The number of hydrogen-bond acceptors (Lipinski definition) is 6. The molecule has 0 aliphatic rings. The molecule has 0 atom stereocenters. The minimum Gasteiger partial charge on any atom is -0.489 e. The molecular formula is C9H9N3O4. The molecule has 0 fully saturated rings. The molecule has 84 valence electrons. The van der Waals surface area contributed by atoms with E-state index >= 15 is 0 Å². The third-order valence-corrected chi connectivity index (χ3v) is 1.92. The van der Waals surface area contributed by atoms with Crippen molar-refractivity contribution in [2.45, 2.75) is 20.0 Å². The van der Waals surface area contributed by atoms with E-state index < -0.39 is 4.92 Å². The molecule has 16 heavy (non-hydrogen) atoms. The average molecular weight is 223 g/mol. The second kappa shape index (κ2) is 3.76. The normalized spacial score (nSPS) is 10.9. The highest BCUT2D eigenvalue weighted by atomic mass is 16.6. The molecule has 0 saturated heterocycles. The lowest BCUT2D eigenvalue weighted by molar-refractivity contribution is -0.383. The lowest BCUT2D eigenvalue weighted by atomic mass is 10.2. The molecule has 1 aromatic carbocycles. The van der Waals surface area contributed by atoms with Gasteiger partial charge in [0.15, 0.2) is 11.3 Å². The summed E-state index contributed by atoms with van der Waals surface area (Å²) < 4.78 is 9.93. The number of hydrogen-bond donors (Lipinski definition) is 0. The maximum Gasteiger partial charge on any atom is 0.301 e. The highest BCUT2D eigenvalue weighted by molar-refractivity contribution is 5.88. The Labute approximate surface area is 90.1 Å². The first-order chi connectivity index (χ1) is 7.59. The van der Waals surface area contributed by atoms with Gasteiger partial charge < -0.3 is 4.74 Å². The molecule has 1 heterocycles. The molecule has 0 saturated carbocycles. The number of benzene rings is 1. The Morgan fingerprint density at radius 1 is 1.38 bits per heavy atom. The van der Waals surface area contributed by atoms with Crippen molar-refractivity contribution in [2.75, 3.05) is 0 Å². The zero-order chi connectivity index (χ0) is 11.7. The van der Waals surface area contributed by atoms with Crippen LogP contribution in [0.15, 0.2) is 16.8 Å². The summed E-state index contributed by atoms with van der Waals surface area (Å²) in [5.74, 6) is 0.428. The van der Waals surface area contributed by atoms with Crippen LogP contribution >= 0.6 is 0 Å². The summed E-state index contributed by atoms with van der Waals surface area (Å²) in [5, 5.41) is 17.8. The van der Waals surface area contributed by atoms with Gasteiger partial charge in [-0.25, -0.2) is 4.63 Å². The van der Waals surface area contributed by atoms with Crippen LogP contribution in [-0.4, -0.2) is 21.3 Å². The Morgan fingerprint density at radius 2 is 2.06 bits per heavy atom. The van der Waals surface area contributed by atoms with Crippen molar-refractivity contribution in [3.63, 3.8) is 0 Å². The number of rotatable bonds is 3. The second-order valence-electron chi connectivity index (χ2n) is 3.47. The minimum absolute atomic E-state index is 0.0543. The summed E-state index contributed by atoms with van der Waals surface area (Å²) in [4.78, 5) is 10.2. The van der Waals surface area contributed by atoms with Crippen molar-refractivity contribution >= 4 is 16.7 Å². The fraction of sp³-hybridized carbons (Fsp3) is 0.333. The lowest BCUT2D eigenvalue weighted by Gasteiger charge is -2.08. The largest absolute Gasteiger partial charge is 0.489 e. The van der Waals surface area contributed by atoms with Crippen molar-refractivity contribution in [3.05, 3.63) is 22.2 Å². The number of ether oxygens (including phenoxy) is 1. The van der Waals surface area contributed by atoms with Crippen LogP contribution in [0.5, 0.6) is 5.75 Å². The van der Waals surface area contributed by atoms with E-state index in [1.54, 1.807) is 0 Å². The molecule has 0 aliphatic heterocycles. The van der Waals surface area contributed by atoms with Gasteiger partial charge in [0.05, 0.1) is 11.0 Å². The number of nitro benzene ring substituents is 1. The topological polar surface area (TPSA) is 91.3 Å². The Kier molecular flexibility index (Phi) is 2.43. The summed E-state index contributed by atoms with van der Waals surface area (Å²) in [6, 6.07) is 2.81. The van der Waals surface area contributed by atoms with E-state index in [0.29, 0.717) is 5.75 Å². The highest BCUT2D eigenvalue weighted by Crippen LogP contribution is 2.30. The van der Waals surface area contributed by atoms with E-state index in [2.05, 4.69) is 14.9 Å². The first-order valence-electron chi connectivity index (χ1n) is 4.66. The standard InChI is InChI=1S/C9H9N3O4/c1-5(2)15-7-4-3-6(12(13)14)8-9(7)11-16-10-8/h3-5H,1-2H3. The SMILES string of the molecule is CC(C)Oc1ccc([N+](=O)[O-])c2nonc12. The van der Waals surface area contributed by atoms with E-state index in [4.69, 9.17) is 4.74 Å². The second-order valence-corrected chi connectivity index (χ2v) is 3.47. The monoisotopic (exact) mass is 223 g/mol. The molecule has 0 amide bonds. The molecule has 7 heteroatoms. The molecule has 2 rings (SSSR count). The fourth-order valence-corrected chi connectivity index (χ4v) is 1.33. The zero-order valence-corrected chi connectivity index (χ0v) is 8.71. The Hall–Kier alpha value is -2.18. The minimum atomic E-state index is -0.536. The van der Waals surface area contributed by atoms with E-state index in [-0.39, 0.29) is 22.8 Å². The van der Waals surface area contributed by atoms with Gasteiger partial charge in [0.25, 0.3) is 0 Å². The van der Waals surface area contributed by atoms with Crippen LogP contribution in [0.4, 0.5) is 5.69 Å². The molecule has 0 spiro atoms. The van der Waals surface area contributed by atoms with Crippen LogP contribution in [0, 0.1) is 10.1 Å². The molecule has 2 aromatic rings. The number of nitrogens with zero attached hydrogens (tertiary/aromatic N) is 3. The van der Waals surface area contributed by atoms with Gasteiger partial charge in [0.2, 0.25) is 5.52 Å². The van der Waals surface area contributed by atoms with Crippen molar-refractivity contribution < 1.29 is 14.3 Å². The van der Waals surface area contributed by atoms with Gasteiger partial charge in [-0.15, -0.1) is 0 Å². The number of non-ortho nitro benzene ring substituents is 1.